The quantitative estimate of drug-likeness (QED) is 0.441. The van der Waals surface area contributed by atoms with Crippen molar-refractivity contribution >= 4 is 34.6 Å². The number of piperidine rings is 1. The lowest BCUT2D eigenvalue weighted by Gasteiger charge is -2.29. The molecule has 0 saturated carbocycles. The normalized spacial score (nSPS) is 13.6. The third-order valence-electron chi connectivity index (χ3n) is 5.53. The largest absolute Gasteiger partial charge is 0.370 e. The summed E-state index contributed by atoms with van der Waals surface area (Å²) in [6, 6.07) is 12.4. The number of aromatic nitrogens is 2. The predicted molar refractivity (Wildman–Crippen MR) is 127 cm³/mol. The average Bonchev–Trinajstić information content (AvgIpc) is 2.80. The van der Waals surface area contributed by atoms with Gasteiger partial charge in [0.25, 0.3) is 11.6 Å². The summed E-state index contributed by atoms with van der Waals surface area (Å²) in [6.07, 6.45) is 3.43. The van der Waals surface area contributed by atoms with Gasteiger partial charge in [-0.2, -0.15) is 5.10 Å². The molecule has 33 heavy (non-hydrogen) atoms. The molecule has 1 aromatic heterocycles. The van der Waals surface area contributed by atoms with Gasteiger partial charge in [0.2, 0.25) is 5.43 Å². The van der Waals surface area contributed by atoms with Crippen LogP contribution in [0.25, 0.3) is 5.69 Å². The number of benzene rings is 2. The maximum absolute atomic E-state index is 12.9. The second kappa shape index (κ2) is 9.41. The Labute approximate surface area is 194 Å². The number of carbonyl (C=O) groups is 1. The molecule has 1 N–H and O–H groups in total. The Morgan fingerprint density at radius 2 is 1.82 bits per heavy atom. The smallest absolute Gasteiger partial charge is 0.294 e. The van der Waals surface area contributed by atoms with E-state index in [1.807, 2.05) is 6.07 Å². The first-order valence-corrected chi connectivity index (χ1v) is 10.9. The van der Waals surface area contributed by atoms with E-state index in [-0.39, 0.29) is 17.1 Å². The highest BCUT2D eigenvalue weighted by atomic mass is 35.5. The van der Waals surface area contributed by atoms with Gasteiger partial charge in [-0.05, 0) is 50.5 Å². The van der Waals surface area contributed by atoms with E-state index < -0.39 is 16.3 Å². The highest BCUT2D eigenvalue weighted by Gasteiger charge is 2.21. The van der Waals surface area contributed by atoms with Crippen molar-refractivity contribution in [3.8, 4) is 5.69 Å². The Morgan fingerprint density at radius 3 is 2.52 bits per heavy atom. The number of nitrogens with one attached hydrogen (secondary N) is 1. The van der Waals surface area contributed by atoms with Gasteiger partial charge < -0.3 is 10.2 Å². The number of hydrogen-bond donors (Lipinski definition) is 1. The van der Waals surface area contributed by atoms with E-state index in [0.717, 1.165) is 31.6 Å². The summed E-state index contributed by atoms with van der Waals surface area (Å²) in [5.74, 6) is -0.728. The molecule has 10 heteroatoms. The lowest BCUT2D eigenvalue weighted by molar-refractivity contribution is -0.384. The lowest BCUT2D eigenvalue weighted by atomic mass is 10.1. The van der Waals surface area contributed by atoms with Crippen molar-refractivity contribution in [1.82, 2.24) is 9.78 Å². The van der Waals surface area contributed by atoms with Crippen molar-refractivity contribution in [3.63, 3.8) is 0 Å². The number of halogens is 1. The molecule has 1 fully saturated rings. The van der Waals surface area contributed by atoms with E-state index in [0.29, 0.717) is 16.4 Å². The Hall–Kier alpha value is -3.72. The van der Waals surface area contributed by atoms with E-state index in [4.69, 9.17) is 11.6 Å². The van der Waals surface area contributed by atoms with Crippen LogP contribution in [0.2, 0.25) is 5.02 Å². The molecular weight excluding hydrogens is 446 g/mol. The lowest BCUT2D eigenvalue weighted by Crippen LogP contribution is -2.29. The fourth-order valence-electron chi connectivity index (χ4n) is 3.91. The number of carbonyl (C=O) groups excluding carboxylic acids is 1. The number of nitro groups is 1. The topological polar surface area (TPSA) is 110 Å². The van der Waals surface area contributed by atoms with Crippen LogP contribution in [0.3, 0.4) is 0 Å². The van der Waals surface area contributed by atoms with Gasteiger partial charge in [-0.1, -0.05) is 23.7 Å². The first-order chi connectivity index (χ1) is 15.8. The summed E-state index contributed by atoms with van der Waals surface area (Å²) in [5, 5.41) is 18.7. The van der Waals surface area contributed by atoms with E-state index in [9.17, 15) is 19.7 Å². The monoisotopic (exact) mass is 467 g/mol. The molecule has 3 aromatic rings. The van der Waals surface area contributed by atoms with Crippen LogP contribution in [0.1, 0.15) is 35.4 Å². The molecule has 0 bridgehead atoms. The molecule has 0 aliphatic carbocycles. The summed E-state index contributed by atoms with van der Waals surface area (Å²) in [5.41, 5.74) is 0.683. The van der Waals surface area contributed by atoms with Crippen LogP contribution in [0.4, 0.5) is 17.1 Å². The van der Waals surface area contributed by atoms with Crippen LogP contribution in [0, 0.1) is 17.0 Å². The number of aryl methyl sites for hydroxylation is 1. The van der Waals surface area contributed by atoms with Crippen LogP contribution in [-0.4, -0.2) is 33.7 Å². The minimum Gasteiger partial charge on any atom is -0.370 e. The summed E-state index contributed by atoms with van der Waals surface area (Å²) >= 11 is 6.46. The third-order valence-corrected chi connectivity index (χ3v) is 5.83. The molecule has 0 atom stereocenters. The Bertz CT molecular complexity index is 1280. The summed E-state index contributed by atoms with van der Waals surface area (Å²) in [4.78, 5) is 38.5. The molecule has 2 aromatic carbocycles. The van der Waals surface area contributed by atoms with Gasteiger partial charge in [0, 0.05) is 36.6 Å². The van der Waals surface area contributed by atoms with Crippen molar-refractivity contribution in [1.29, 1.82) is 0 Å². The molecule has 1 amide bonds. The zero-order valence-electron chi connectivity index (χ0n) is 18.0. The number of hydrogen-bond acceptors (Lipinski definition) is 6. The van der Waals surface area contributed by atoms with Crippen molar-refractivity contribution in [2.75, 3.05) is 23.3 Å². The third kappa shape index (κ3) is 4.73. The second-order valence-corrected chi connectivity index (χ2v) is 8.23. The molecule has 170 valence electrons. The van der Waals surface area contributed by atoms with Gasteiger partial charge in [0.1, 0.15) is 5.69 Å². The molecule has 1 saturated heterocycles. The minimum atomic E-state index is -0.728. The van der Waals surface area contributed by atoms with Crippen LogP contribution in [0.5, 0.6) is 0 Å². The number of amides is 1. The minimum absolute atomic E-state index is 0.156. The molecule has 0 unspecified atom stereocenters. The van der Waals surface area contributed by atoms with Gasteiger partial charge in [-0.25, -0.2) is 4.68 Å². The number of para-hydroxylation sites is 2. The zero-order chi connectivity index (χ0) is 23.5. The molecule has 0 radical (unpaired) electrons. The Morgan fingerprint density at radius 1 is 1.09 bits per heavy atom. The first-order valence-electron chi connectivity index (χ1n) is 10.6. The molecular formula is C23H22ClN5O4. The molecule has 1 aliphatic heterocycles. The molecule has 1 aliphatic rings. The number of rotatable bonds is 5. The van der Waals surface area contributed by atoms with Crippen LogP contribution in [-0.2, 0) is 0 Å². The summed E-state index contributed by atoms with van der Waals surface area (Å²) in [7, 11) is 0. The fourth-order valence-corrected chi connectivity index (χ4v) is 4.21. The number of nitro benzene ring substituents is 1. The van der Waals surface area contributed by atoms with Gasteiger partial charge >= 0.3 is 0 Å². The van der Waals surface area contributed by atoms with E-state index in [2.05, 4.69) is 15.3 Å². The predicted octanol–water partition coefficient (Wildman–Crippen LogP) is 4.35. The van der Waals surface area contributed by atoms with Crippen molar-refractivity contribution in [2.45, 2.75) is 26.2 Å². The van der Waals surface area contributed by atoms with Crippen molar-refractivity contribution in [2.24, 2.45) is 0 Å². The molecule has 9 nitrogen and oxygen atoms in total. The molecule has 4 rings (SSSR count). The second-order valence-electron chi connectivity index (χ2n) is 7.82. The van der Waals surface area contributed by atoms with Gasteiger partial charge in [-0.3, -0.25) is 19.7 Å². The van der Waals surface area contributed by atoms with E-state index in [1.165, 1.54) is 35.4 Å². The zero-order valence-corrected chi connectivity index (χ0v) is 18.7. The fraction of sp³-hybridized carbons (Fsp3) is 0.261. The highest BCUT2D eigenvalue weighted by molar-refractivity contribution is 6.33. The number of nitrogens with zero attached hydrogens (tertiary/aromatic N) is 4. The summed E-state index contributed by atoms with van der Waals surface area (Å²) < 4.78 is 1.22. The van der Waals surface area contributed by atoms with Crippen LogP contribution in [0.15, 0.2) is 53.3 Å². The molecule has 0 spiro atoms. The number of anilines is 2. The van der Waals surface area contributed by atoms with Gasteiger partial charge in [0.15, 0.2) is 5.69 Å². The Balaban J connectivity index is 1.63. The van der Waals surface area contributed by atoms with E-state index >= 15 is 0 Å². The van der Waals surface area contributed by atoms with Crippen molar-refractivity contribution < 1.29 is 9.72 Å². The standard InChI is InChI=1S/C23H22ClN5O4/c1-15-13-21(30)22(26-28(15)19-7-3-4-8-20(19)29(32)33)23(31)25-16-9-10-18(17(24)14-16)27-11-5-2-6-12-27/h3-4,7-10,13-14H,2,5-6,11-12H2,1H3,(H,25,31). The van der Waals surface area contributed by atoms with Crippen LogP contribution < -0.4 is 15.6 Å². The maximum Gasteiger partial charge on any atom is 0.294 e. The first kappa shape index (κ1) is 22.5. The summed E-state index contributed by atoms with van der Waals surface area (Å²) in [6.45, 7) is 3.46. The van der Waals surface area contributed by atoms with E-state index in [1.54, 1.807) is 25.1 Å². The molecule has 2 heterocycles. The SMILES string of the molecule is Cc1cc(=O)c(C(=O)Nc2ccc(N3CCCCC3)c(Cl)c2)nn1-c1ccccc1[N+](=O)[O-]. The van der Waals surface area contributed by atoms with Gasteiger partial charge in [-0.15, -0.1) is 0 Å². The van der Waals surface area contributed by atoms with Crippen LogP contribution >= 0.6 is 11.6 Å². The average molecular weight is 468 g/mol. The maximum atomic E-state index is 12.9. The Kier molecular flexibility index (Phi) is 6.41. The van der Waals surface area contributed by atoms with Crippen molar-refractivity contribution in [3.05, 3.63) is 85.3 Å². The highest BCUT2D eigenvalue weighted by Crippen LogP contribution is 2.31. The van der Waals surface area contributed by atoms with Gasteiger partial charge in [0.05, 0.1) is 15.6 Å².